The Morgan fingerprint density at radius 3 is 2.26 bits per heavy atom. The number of nitrogens with zero attached hydrogens (tertiary/aromatic N) is 1. The largest absolute Gasteiger partial charge is 0.299 e. The maximum absolute atomic E-state index is 13.5. The molecule has 0 heterocycles. The molecule has 0 aliphatic rings. The molecule has 0 radical (unpaired) electrons. The molecule has 3 heteroatoms. The monoisotopic (exact) mass is 261 g/mol. The van der Waals surface area contributed by atoms with Gasteiger partial charge in [0.25, 0.3) is 0 Å². The summed E-state index contributed by atoms with van der Waals surface area (Å²) >= 11 is 0. The first-order valence-electron chi connectivity index (χ1n) is 6.17. The molecule has 0 saturated heterocycles. The maximum Gasteiger partial charge on any atom is 0.123 e. The molecule has 0 aliphatic heterocycles. The smallest absolute Gasteiger partial charge is 0.123 e. The predicted octanol–water partition coefficient (Wildman–Crippen LogP) is 3.92. The molecular formula is C16H17F2N. The third-order valence-electron chi connectivity index (χ3n) is 3.22. The standard InChI is InChI=1S/C16H17F2N/c1-11-7-8-14(18)10-15(11)16(19(2)3)12-5-4-6-13(17)9-12/h4-10,16H,1-3H3/t16-/m0/s1. The van der Waals surface area contributed by atoms with E-state index in [0.29, 0.717) is 0 Å². The zero-order valence-corrected chi connectivity index (χ0v) is 11.3. The minimum atomic E-state index is -0.279. The van der Waals surface area contributed by atoms with Crippen molar-refractivity contribution in [2.75, 3.05) is 14.1 Å². The SMILES string of the molecule is Cc1ccc(F)cc1[C@H](c1cccc(F)c1)N(C)C. The number of rotatable bonds is 3. The van der Waals surface area contributed by atoms with Crippen LogP contribution in [0.1, 0.15) is 22.7 Å². The van der Waals surface area contributed by atoms with E-state index in [4.69, 9.17) is 0 Å². The van der Waals surface area contributed by atoms with Crippen LogP contribution in [-0.4, -0.2) is 19.0 Å². The van der Waals surface area contributed by atoms with Crippen molar-refractivity contribution in [1.29, 1.82) is 0 Å². The molecule has 19 heavy (non-hydrogen) atoms. The first kappa shape index (κ1) is 13.7. The van der Waals surface area contributed by atoms with Gasteiger partial charge in [0.1, 0.15) is 11.6 Å². The van der Waals surface area contributed by atoms with E-state index in [1.165, 1.54) is 24.3 Å². The second-order valence-electron chi connectivity index (χ2n) is 4.92. The molecule has 0 aliphatic carbocycles. The van der Waals surface area contributed by atoms with Gasteiger partial charge >= 0.3 is 0 Å². The molecule has 0 aromatic heterocycles. The van der Waals surface area contributed by atoms with Gasteiger partial charge in [-0.2, -0.15) is 0 Å². The molecule has 100 valence electrons. The van der Waals surface area contributed by atoms with E-state index in [-0.39, 0.29) is 17.7 Å². The van der Waals surface area contributed by atoms with Crippen LogP contribution in [0.25, 0.3) is 0 Å². The molecule has 0 fully saturated rings. The number of hydrogen-bond donors (Lipinski definition) is 0. The minimum absolute atomic E-state index is 0.161. The fourth-order valence-electron chi connectivity index (χ4n) is 2.34. The second kappa shape index (κ2) is 5.49. The van der Waals surface area contributed by atoms with E-state index < -0.39 is 0 Å². The molecule has 0 amide bonds. The Bertz CT molecular complexity index is 579. The molecule has 0 spiro atoms. The van der Waals surface area contributed by atoms with Crippen LogP contribution < -0.4 is 0 Å². The Balaban J connectivity index is 2.55. The van der Waals surface area contributed by atoms with Crippen LogP contribution in [0.3, 0.4) is 0 Å². The lowest BCUT2D eigenvalue weighted by atomic mass is 9.94. The normalized spacial score (nSPS) is 12.7. The van der Waals surface area contributed by atoms with Gasteiger partial charge in [0.15, 0.2) is 0 Å². The number of benzene rings is 2. The zero-order valence-electron chi connectivity index (χ0n) is 11.3. The van der Waals surface area contributed by atoms with E-state index in [1.54, 1.807) is 12.1 Å². The van der Waals surface area contributed by atoms with Crippen molar-refractivity contribution >= 4 is 0 Å². The van der Waals surface area contributed by atoms with Gasteiger partial charge in [0.05, 0.1) is 6.04 Å². The van der Waals surface area contributed by atoms with Crippen LogP contribution >= 0.6 is 0 Å². The van der Waals surface area contributed by atoms with Crippen LogP contribution in [0, 0.1) is 18.6 Å². The molecule has 0 N–H and O–H groups in total. The van der Waals surface area contributed by atoms with Crippen LogP contribution in [0.5, 0.6) is 0 Å². The van der Waals surface area contributed by atoms with Crippen molar-refractivity contribution in [2.24, 2.45) is 0 Å². The van der Waals surface area contributed by atoms with Gasteiger partial charge in [-0.05, 0) is 62.0 Å². The van der Waals surface area contributed by atoms with Crippen LogP contribution in [0.2, 0.25) is 0 Å². The first-order valence-corrected chi connectivity index (χ1v) is 6.17. The zero-order chi connectivity index (χ0) is 14.0. The van der Waals surface area contributed by atoms with Gasteiger partial charge in [-0.3, -0.25) is 4.90 Å². The summed E-state index contributed by atoms with van der Waals surface area (Å²) in [6.45, 7) is 1.94. The lowest BCUT2D eigenvalue weighted by molar-refractivity contribution is 0.339. The summed E-state index contributed by atoms with van der Waals surface area (Å²) in [4.78, 5) is 1.95. The highest BCUT2D eigenvalue weighted by atomic mass is 19.1. The summed E-state index contributed by atoms with van der Waals surface area (Å²) < 4.78 is 26.9. The highest BCUT2D eigenvalue weighted by Crippen LogP contribution is 2.29. The molecule has 0 bridgehead atoms. The summed E-state index contributed by atoms with van der Waals surface area (Å²) in [5.74, 6) is -0.553. The Hall–Kier alpha value is -1.74. The summed E-state index contributed by atoms with van der Waals surface area (Å²) in [6.07, 6.45) is 0. The molecule has 2 rings (SSSR count). The van der Waals surface area contributed by atoms with Crippen molar-refractivity contribution in [1.82, 2.24) is 4.90 Å². The predicted molar refractivity (Wildman–Crippen MR) is 73.1 cm³/mol. The number of halogens is 2. The fourth-order valence-corrected chi connectivity index (χ4v) is 2.34. The summed E-state index contributed by atoms with van der Waals surface area (Å²) in [5, 5.41) is 0. The fraction of sp³-hybridized carbons (Fsp3) is 0.250. The second-order valence-corrected chi connectivity index (χ2v) is 4.92. The summed E-state index contributed by atoms with van der Waals surface area (Å²) in [6, 6.07) is 11.0. The molecule has 2 aromatic carbocycles. The quantitative estimate of drug-likeness (QED) is 0.809. The van der Waals surface area contributed by atoms with E-state index in [2.05, 4.69) is 0 Å². The van der Waals surface area contributed by atoms with E-state index >= 15 is 0 Å². The Kier molecular flexibility index (Phi) is 3.96. The van der Waals surface area contributed by atoms with Crippen molar-refractivity contribution in [2.45, 2.75) is 13.0 Å². The molecular weight excluding hydrogens is 244 g/mol. The first-order chi connectivity index (χ1) is 8.99. The Morgan fingerprint density at radius 2 is 1.63 bits per heavy atom. The van der Waals surface area contributed by atoms with E-state index in [9.17, 15) is 8.78 Å². The average molecular weight is 261 g/mol. The van der Waals surface area contributed by atoms with Crippen LogP contribution in [0.15, 0.2) is 42.5 Å². The van der Waals surface area contributed by atoms with Crippen LogP contribution in [0.4, 0.5) is 8.78 Å². The lowest BCUT2D eigenvalue weighted by Crippen LogP contribution is -2.22. The topological polar surface area (TPSA) is 3.24 Å². The van der Waals surface area contributed by atoms with Gasteiger partial charge in [0.2, 0.25) is 0 Å². The highest BCUT2D eigenvalue weighted by molar-refractivity contribution is 5.37. The van der Waals surface area contributed by atoms with Crippen molar-refractivity contribution in [3.8, 4) is 0 Å². The van der Waals surface area contributed by atoms with Crippen molar-refractivity contribution < 1.29 is 8.78 Å². The summed E-state index contributed by atoms with van der Waals surface area (Å²) in [5.41, 5.74) is 2.67. The van der Waals surface area contributed by atoms with Crippen LogP contribution in [-0.2, 0) is 0 Å². The van der Waals surface area contributed by atoms with Crippen molar-refractivity contribution in [3.05, 3.63) is 70.8 Å². The maximum atomic E-state index is 13.5. The lowest BCUT2D eigenvalue weighted by Gasteiger charge is -2.27. The van der Waals surface area contributed by atoms with E-state index in [0.717, 1.165) is 16.7 Å². The summed E-state index contributed by atoms with van der Waals surface area (Å²) in [7, 11) is 3.81. The highest BCUT2D eigenvalue weighted by Gasteiger charge is 2.19. The third-order valence-corrected chi connectivity index (χ3v) is 3.22. The van der Waals surface area contributed by atoms with Gasteiger partial charge in [-0.1, -0.05) is 18.2 Å². The average Bonchev–Trinajstić information content (AvgIpc) is 2.33. The number of aryl methyl sites for hydroxylation is 1. The van der Waals surface area contributed by atoms with Gasteiger partial charge in [0, 0.05) is 0 Å². The minimum Gasteiger partial charge on any atom is -0.299 e. The van der Waals surface area contributed by atoms with E-state index in [1.807, 2.05) is 32.0 Å². The molecule has 1 nitrogen and oxygen atoms in total. The van der Waals surface area contributed by atoms with Gasteiger partial charge in [-0.25, -0.2) is 8.78 Å². The molecule has 2 aromatic rings. The Labute approximate surface area is 112 Å². The number of hydrogen-bond acceptors (Lipinski definition) is 1. The third kappa shape index (κ3) is 2.99. The van der Waals surface area contributed by atoms with Gasteiger partial charge in [-0.15, -0.1) is 0 Å². The van der Waals surface area contributed by atoms with Crippen molar-refractivity contribution in [3.63, 3.8) is 0 Å². The molecule has 0 saturated carbocycles. The molecule has 1 atom stereocenters. The van der Waals surface area contributed by atoms with Gasteiger partial charge < -0.3 is 0 Å². The molecule has 0 unspecified atom stereocenters. The Morgan fingerprint density at radius 1 is 0.947 bits per heavy atom.